The lowest BCUT2D eigenvalue weighted by molar-refractivity contribution is -0.122. The van der Waals surface area contributed by atoms with Crippen LogP contribution < -0.4 is 15.0 Å². The molecular weight excluding hydrogens is 348 g/mol. The highest BCUT2D eigenvalue weighted by atomic mass is 16.5. The van der Waals surface area contributed by atoms with Gasteiger partial charge in [0, 0.05) is 11.6 Å². The van der Waals surface area contributed by atoms with Crippen molar-refractivity contribution >= 4 is 29.6 Å². The Bertz CT molecular complexity index is 965. The van der Waals surface area contributed by atoms with Crippen LogP contribution in [0.2, 0.25) is 0 Å². The van der Waals surface area contributed by atoms with Crippen molar-refractivity contribution < 1.29 is 24.2 Å². The second-order valence-corrected chi connectivity index (χ2v) is 5.86. The third kappa shape index (κ3) is 3.39. The number of carbonyl (C=O) groups excluding carboxylic acids is 3. The molecule has 2 aromatic carbocycles. The van der Waals surface area contributed by atoms with Crippen LogP contribution in [-0.4, -0.2) is 30.1 Å². The number of barbiturate groups is 1. The standard InChI is InChI=1S/C20H18N2O5/c1-3-12-6-4-5-7-16(12)22-19(25)15(18(24)21-20(22)26)10-13-8-9-14(27-2)11-17(13)23/h4-11,23H,3H2,1-2H3,(H,21,24,26)/b15-10-. The molecule has 2 aromatic rings. The van der Waals surface area contributed by atoms with E-state index in [1.54, 1.807) is 18.2 Å². The van der Waals surface area contributed by atoms with Gasteiger partial charge in [0.2, 0.25) is 0 Å². The molecule has 0 bridgehead atoms. The van der Waals surface area contributed by atoms with Gasteiger partial charge in [-0.05, 0) is 36.3 Å². The Hall–Kier alpha value is -3.61. The van der Waals surface area contributed by atoms with E-state index in [4.69, 9.17) is 4.74 Å². The van der Waals surface area contributed by atoms with Crippen molar-refractivity contribution in [1.82, 2.24) is 5.32 Å². The maximum Gasteiger partial charge on any atom is 0.335 e. The van der Waals surface area contributed by atoms with Gasteiger partial charge < -0.3 is 9.84 Å². The molecule has 0 aromatic heterocycles. The Kier molecular flexibility index (Phi) is 4.94. The van der Waals surface area contributed by atoms with Crippen molar-refractivity contribution in [2.45, 2.75) is 13.3 Å². The number of methoxy groups -OCH3 is 1. The van der Waals surface area contributed by atoms with Crippen LogP contribution in [0.15, 0.2) is 48.0 Å². The van der Waals surface area contributed by atoms with Crippen LogP contribution in [0.5, 0.6) is 11.5 Å². The number of rotatable bonds is 4. The molecule has 7 nitrogen and oxygen atoms in total. The smallest absolute Gasteiger partial charge is 0.335 e. The summed E-state index contributed by atoms with van der Waals surface area (Å²) < 4.78 is 5.02. The number of hydrogen-bond acceptors (Lipinski definition) is 5. The number of amides is 4. The molecular formula is C20H18N2O5. The normalized spacial score (nSPS) is 15.9. The molecule has 1 aliphatic rings. The molecule has 0 spiro atoms. The molecule has 1 saturated heterocycles. The zero-order valence-electron chi connectivity index (χ0n) is 14.9. The summed E-state index contributed by atoms with van der Waals surface area (Å²) in [7, 11) is 1.46. The van der Waals surface area contributed by atoms with Gasteiger partial charge in [0.05, 0.1) is 12.8 Å². The van der Waals surface area contributed by atoms with E-state index in [2.05, 4.69) is 5.32 Å². The average Bonchev–Trinajstić information content (AvgIpc) is 2.66. The molecule has 1 aliphatic heterocycles. The van der Waals surface area contributed by atoms with Crippen molar-refractivity contribution in [1.29, 1.82) is 0 Å². The number of phenols is 1. The van der Waals surface area contributed by atoms with E-state index in [9.17, 15) is 19.5 Å². The van der Waals surface area contributed by atoms with Crippen molar-refractivity contribution in [3.63, 3.8) is 0 Å². The quantitative estimate of drug-likeness (QED) is 0.641. The third-order valence-corrected chi connectivity index (χ3v) is 4.25. The monoisotopic (exact) mass is 366 g/mol. The molecule has 0 atom stereocenters. The van der Waals surface area contributed by atoms with Gasteiger partial charge in [0.1, 0.15) is 17.1 Å². The second-order valence-electron chi connectivity index (χ2n) is 5.86. The lowest BCUT2D eigenvalue weighted by Gasteiger charge is -2.28. The fraction of sp³-hybridized carbons (Fsp3) is 0.150. The number of anilines is 1. The van der Waals surface area contributed by atoms with E-state index in [0.717, 1.165) is 10.5 Å². The Morgan fingerprint density at radius 2 is 1.89 bits per heavy atom. The van der Waals surface area contributed by atoms with Crippen LogP contribution in [0.4, 0.5) is 10.5 Å². The predicted molar refractivity (Wildman–Crippen MR) is 99.5 cm³/mol. The van der Waals surface area contributed by atoms with Gasteiger partial charge in [-0.1, -0.05) is 25.1 Å². The first-order valence-corrected chi connectivity index (χ1v) is 8.32. The van der Waals surface area contributed by atoms with Gasteiger partial charge in [-0.15, -0.1) is 0 Å². The average molecular weight is 366 g/mol. The highest BCUT2D eigenvalue weighted by molar-refractivity contribution is 6.39. The zero-order chi connectivity index (χ0) is 19.6. The molecule has 0 saturated carbocycles. The highest BCUT2D eigenvalue weighted by Crippen LogP contribution is 2.29. The van der Waals surface area contributed by atoms with Gasteiger partial charge in [-0.25, -0.2) is 9.69 Å². The van der Waals surface area contributed by atoms with E-state index >= 15 is 0 Å². The summed E-state index contributed by atoms with van der Waals surface area (Å²) in [5.74, 6) is -1.28. The lowest BCUT2D eigenvalue weighted by atomic mass is 10.0. The Labute approximate surface area is 155 Å². The van der Waals surface area contributed by atoms with Gasteiger partial charge in [-0.2, -0.15) is 0 Å². The number of aryl methyl sites for hydroxylation is 1. The third-order valence-electron chi connectivity index (χ3n) is 4.25. The molecule has 0 radical (unpaired) electrons. The maximum atomic E-state index is 12.9. The summed E-state index contributed by atoms with van der Waals surface area (Å²) in [6.07, 6.45) is 1.86. The van der Waals surface area contributed by atoms with Crippen molar-refractivity contribution in [3.05, 3.63) is 59.2 Å². The van der Waals surface area contributed by atoms with Crippen LogP contribution in [-0.2, 0) is 16.0 Å². The summed E-state index contributed by atoms with van der Waals surface area (Å²) >= 11 is 0. The number of nitrogens with one attached hydrogen (secondary N) is 1. The maximum absolute atomic E-state index is 12.9. The van der Waals surface area contributed by atoms with Crippen LogP contribution >= 0.6 is 0 Å². The van der Waals surface area contributed by atoms with Crippen LogP contribution in [0, 0.1) is 0 Å². The summed E-state index contributed by atoms with van der Waals surface area (Å²) in [5.41, 5.74) is 1.22. The highest BCUT2D eigenvalue weighted by Gasteiger charge is 2.37. The molecule has 27 heavy (non-hydrogen) atoms. The van der Waals surface area contributed by atoms with Gasteiger partial charge in [0.25, 0.3) is 11.8 Å². The van der Waals surface area contributed by atoms with E-state index in [0.29, 0.717) is 17.9 Å². The number of carbonyl (C=O) groups is 3. The fourth-order valence-corrected chi connectivity index (χ4v) is 2.83. The molecule has 7 heteroatoms. The van der Waals surface area contributed by atoms with Crippen molar-refractivity contribution in [3.8, 4) is 11.5 Å². The Balaban J connectivity index is 2.05. The minimum absolute atomic E-state index is 0.153. The Morgan fingerprint density at radius 1 is 1.15 bits per heavy atom. The summed E-state index contributed by atoms with van der Waals surface area (Å²) in [6, 6.07) is 10.7. The second kappa shape index (κ2) is 7.33. The van der Waals surface area contributed by atoms with Gasteiger partial charge in [-0.3, -0.25) is 14.9 Å². The molecule has 4 amide bonds. The molecule has 0 aliphatic carbocycles. The van der Waals surface area contributed by atoms with E-state index in [-0.39, 0.29) is 16.9 Å². The first kappa shape index (κ1) is 18.2. The fourth-order valence-electron chi connectivity index (χ4n) is 2.83. The van der Waals surface area contributed by atoms with Crippen LogP contribution in [0.3, 0.4) is 0 Å². The number of benzene rings is 2. The molecule has 3 rings (SSSR count). The summed E-state index contributed by atoms with van der Waals surface area (Å²) in [4.78, 5) is 38.4. The van der Waals surface area contributed by atoms with E-state index in [1.807, 2.05) is 19.1 Å². The van der Waals surface area contributed by atoms with Crippen LogP contribution in [0.25, 0.3) is 6.08 Å². The predicted octanol–water partition coefficient (Wildman–Crippen LogP) is 2.63. The first-order valence-electron chi connectivity index (χ1n) is 8.32. The lowest BCUT2D eigenvalue weighted by Crippen LogP contribution is -2.54. The van der Waals surface area contributed by atoms with Gasteiger partial charge >= 0.3 is 6.03 Å². The van der Waals surface area contributed by atoms with E-state index in [1.165, 1.54) is 25.3 Å². The van der Waals surface area contributed by atoms with E-state index < -0.39 is 17.8 Å². The number of para-hydroxylation sites is 1. The Morgan fingerprint density at radius 3 is 2.56 bits per heavy atom. The first-order chi connectivity index (χ1) is 13.0. The number of urea groups is 1. The summed E-state index contributed by atoms with van der Waals surface area (Å²) in [5, 5.41) is 12.3. The number of hydrogen-bond donors (Lipinski definition) is 2. The topological polar surface area (TPSA) is 95.9 Å². The number of nitrogens with zero attached hydrogens (tertiary/aromatic N) is 1. The summed E-state index contributed by atoms with van der Waals surface area (Å²) in [6.45, 7) is 1.91. The van der Waals surface area contributed by atoms with Crippen molar-refractivity contribution in [2.24, 2.45) is 0 Å². The molecule has 2 N–H and O–H groups in total. The number of imide groups is 2. The largest absolute Gasteiger partial charge is 0.507 e. The van der Waals surface area contributed by atoms with Crippen LogP contribution in [0.1, 0.15) is 18.1 Å². The minimum atomic E-state index is -0.814. The number of phenolic OH excluding ortho intramolecular Hbond substituents is 1. The minimum Gasteiger partial charge on any atom is -0.507 e. The molecule has 0 unspecified atom stereocenters. The molecule has 138 valence electrons. The SMILES string of the molecule is CCc1ccccc1N1C(=O)NC(=O)/C(=C/c2ccc(OC)cc2O)C1=O. The number of aromatic hydroxyl groups is 1. The van der Waals surface area contributed by atoms with Crippen molar-refractivity contribution in [2.75, 3.05) is 12.0 Å². The number of ether oxygens (including phenoxy) is 1. The molecule has 1 heterocycles. The zero-order valence-corrected chi connectivity index (χ0v) is 14.9. The van der Waals surface area contributed by atoms with Gasteiger partial charge in [0.15, 0.2) is 0 Å². The molecule has 1 fully saturated rings.